The Labute approximate surface area is 174 Å². The van der Waals surface area contributed by atoms with E-state index in [4.69, 9.17) is 9.47 Å². The first kappa shape index (κ1) is 23.4. The maximum atomic E-state index is 12.2. The van der Waals surface area contributed by atoms with E-state index in [1.807, 2.05) is 11.8 Å². The molecule has 152 valence electrons. The molecule has 0 aromatic carbocycles. The molecule has 0 radical (unpaired) electrons. The van der Waals surface area contributed by atoms with E-state index < -0.39 is 0 Å². The highest BCUT2D eigenvalue weighted by molar-refractivity contribution is 14.0. The predicted molar refractivity (Wildman–Crippen MR) is 114 cm³/mol. The number of likely N-dealkylation sites (tertiary alicyclic amines) is 1. The fourth-order valence-electron chi connectivity index (χ4n) is 3.08. The zero-order valence-electron chi connectivity index (χ0n) is 16.0. The summed E-state index contributed by atoms with van der Waals surface area (Å²) < 4.78 is 11.0. The smallest absolute Gasteiger partial charge is 0.244 e. The van der Waals surface area contributed by atoms with Crippen LogP contribution in [0.4, 0.5) is 0 Å². The van der Waals surface area contributed by atoms with Gasteiger partial charge in [-0.1, -0.05) is 0 Å². The second kappa shape index (κ2) is 14.4. The molecule has 7 nitrogen and oxygen atoms in total. The molecule has 0 spiro atoms. The summed E-state index contributed by atoms with van der Waals surface area (Å²) in [5.41, 5.74) is 0. The van der Waals surface area contributed by atoms with Crippen molar-refractivity contribution in [1.82, 2.24) is 15.5 Å². The van der Waals surface area contributed by atoms with Crippen molar-refractivity contribution in [1.29, 1.82) is 0 Å². The molecule has 1 unspecified atom stereocenters. The van der Waals surface area contributed by atoms with Crippen LogP contribution in [0.2, 0.25) is 0 Å². The van der Waals surface area contributed by atoms with E-state index in [0.717, 1.165) is 78.3 Å². The second-order valence-corrected chi connectivity index (χ2v) is 6.72. The molecule has 2 N–H and O–H groups in total. The fourth-order valence-corrected chi connectivity index (χ4v) is 3.08. The molecule has 2 heterocycles. The number of hydrogen-bond donors (Lipinski definition) is 2. The first-order valence-corrected chi connectivity index (χ1v) is 9.75. The zero-order valence-corrected chi connectivity index (χ0v) is 18.3. The molecule has 2 aliphatic rings. The number of aliphatic imine (C=N–C) groups is 1. The van der Waals surface area contributed by atoms with Gasteiger partial charge in [0.2, 0.25) is 5.91 Å². The van der Waals surface area contributed by atoms with Crippen LogP contribution in [0.3, 0.4) is 0 Å². The number of rotatable bonds is 9. The van der Waals surface area contributed by atoms with Crippen LogP contribution in [-0.2, 0) is 14.3 Å². The highest BCUT2D eigenvalue weighted by Gasteiger charge is 2.16. The third kappa shape index (κ3) is 9.36. The molecule has 2 saturated heterocycles. The van der Waals surface area contributed by atoms with Crippen molar-refractivity contribution in [3.8, 4) is 0 Å². The first-order chi connectivity index (χ1) is 12.3. The van der Waals surface area contributed by atoms with Gasteiger partial charge in [-0.05, 0) is 39.0 Å². The Morgan fingerprint density at radius 2 is 2.08 bits per heavy atom. The van der Waals surface area contributed by atoms with Crippen LogP contribution in [0, 0.1) is 5.92 Å². The normalized spacial score (nSPS) is 20.6. The Hall–Kier alpha value is -0.610. The monoisotopic (exact) mass is 482 g/mol. The Morgan fingerprint density at radius 3 is 2.77 bits per heavy atom. The summed E-state index contributed by atoms with van der Waals surface area (Å²) in [6, 6.07) is 0. The van der Waals surface area contributed by atoms with Crippen LogP contribution in [-0.4, -0.2) is 75.9 Å². The lowest BCUT2D eigenvalue weighted by Crippen LogP contribution is -2.41. The minimum atomic E-state index is 0. The summed E-state index contributed by atoms with van der Waals surface area (Å²) in [5.74, 6) is 1.39. The summed E-state index contributed by atoms with van der Waals surface area (Å²) in [4.78, 5) is 18.5. The Balaban J connectivity index is 0.00000338. The predicted octanol–water partition coefficient (Wildman–Crippen LogP) is 1.62. The zero-order chi connectivity index (χ0) is 17.7. The summed E-state index contributed by atoms with van der Waals surface area (Å²) >= 11 is 0. The van der Waals surface area contributed by atoms with E-state index in [0.29, 0.717) is 11.9 Å². The molecule has 2 rings (SSSR count). The van der Waals surface area contributed by atoms with E-state index in [2.05, 4.69) is 15.6 Å². The number of nitrogens with zero attached hydrogens (tertiary/aromatic N) is 2. The average Bonchev–Trinajstić information content (AvgIpc) is 3.16. The summed E-state index contributed by atoms with van der Waals surface area (Å²) in [6.07, 6.45) is 5.48. The van der Waals surface area contributed by atoms with E-state index in [1.54, 1.807) is 0 Å². The second-order valence-electron chi connectivity index (χ2n) is 6.72. The topological polar surface area (TPSA) is 75.2 Å². The molecular weight excluding hydrogens is 447 g/mol. The number of piperidine rings is 1. The van der Waals surface area contributed by atoms with E-state index in [-0.39, 0.29) is 36.4 Å². The van der Waals surface area contributed by atoms with Crippen LogP contribution in [0.15, 0.2) is 4.99 Å². The lowest BCUT2D eigenvalue weighted by molar-refractivity contribution is -0.130. The Kier molecular flexibility index (Phi) is 13.0. The van der Waals surface area contributed by atoms with Gasteiger partial charge in [0.1, 0.15) is 6.54 Å². The van der Waals surface area contributed by atoms with Crippen molar-refractivity contribution in [3.05, 3.63) is 0 Å². The van der Waals surface area contributed by atoms with Crippen LogP contribution in [0.1, 0.15) is 39.0 Å². The van der Waals surface area contributed by atoms with Crippen LogP contribution in [0.25, 0.3) is 0 Å². The SMILES string of the molecule is CCNC(=NCC(=O)N1CCCCC1)NCCCOCC1CCOC1.I. The number of carbonyl (C=O) groups is 1. The fraction of sp³-hybridized carbons (Fsp3) is 0.889. The lowest BCUT2D eigenvalue weighted by Gasteiger charge is -2.26. The number of guanidine groups is 1. The minimum Gasteiger partial charge on any atom is -0.381 e. The van der Waals surface area contributed by atoms with Crippen molar-refractivity contribution in [2.24, 2.45) is 10.9 Å². The van der Waals surface area contributed by atoms with Crippen molar-refractivity contribution in [2.45, 2.75) is 39.0 Å². The largest absolute Gasteiger partial charge is 0.381 e. The minimum absolute atomic E-state index is 0. The molecule has 1 amide bonds. The van der Waals surface area contributed by atoms with Crippen molar-refractivity contribution >= 4 is 35.8 Å². The van der Waals surface area contributed by atoms with Gasteiger partial charge in [-0.25, -0.2) is 4.99 Å². The van der Waals surface area contributed by atoms with Crippen LogP contribution in [0.5, 0.6) is 0 Å². The van der Waals surface area contributed by atoms with Gasteiger partial charge in [0.15, 0.2) is 5.96 Å². The maximum absolute atomic E-state index is 12.2. The molecular formula is C18H35IN4O3. The third-order valence-electron chi connectivity index (χ3n) is 4.56. The molecule has 0 aromatic rings. The highest BCUT2D eigenvalue weighted by atomic mass is 127. The van der Waals surface area contributed by atoms with Crippen molar-refractivity contribution < 1.29 is 14.3 Å². The van der Waals surface area contributed by atoms with Gasteiger partial charge in [-0.15, -0.1) is 24.0 Å². The standard InChI is InChI=1S/C18H34N4O3.HI/c1-2-19-18(21-13-17(23)22-9-4-3-5-10-22)20-8-6-11-24-14-16-7-12-25-15-16;/h16H,2-15H2,1H3,(H2,19,20,21);1H. The maximum Gasteiger partial charge on any atom is 0.244 e. The summed E-state index contributed by atoms with van der Waals surface area (Å²) in [6.45, 7) is 8.78. The van der Waals surface area contributed by atoms with Gasteiger partial charge in [0.05, 0.1) is 13.2 Å². The average molecular weight is 482 g/mol. The molecule has 0 saturated carbocycles. The quantitative estimate of drug-likeness (QED) is 0.226. The molecule has 8 heteroatoms. The van der Waals surface area contributed by atoms with Crippen LogP contribution >= 0.6 is 24.0 Å². The van der Waals surface area contributed by atoms with Gasteiger partial charge in [-0.3, -0.25) is 4.79 Å². The number of halogens is 1. The van der Waals surface area contributed by atoms with Crippen molar-refractivity contribution in [3.63, 3.8) is 0 Å². The summed E-state index contributed by atoms with van der Waals surface area (Å²) in [5, 5.41) is 6.46. The highest BCUT2D eigenvalue weighted by Crippen LogP contribution is 2.12. The van der Waals surface area contributed by atoms with Crippen molar-refractivity contribution in [2.75, 3.05) is 59.2 Å². The Morgan fingerprint density at radius 1 is 1.27 bits per heavy atom. The molecule has 2 aliphatic heterocycles. The number of nitrogens with one attached hydrogen (secondary N) is 2. The summed E-state index contributed by atoms with van der Waals surface area (Å²) in [7, 11) is 0. The Bertz CT molecular complexity index is 411. The lowest BCUT2D eigenvalue weighted by atomic mass is 10.1. The van der Waals surface area contributed by atoms with E-state index >= 15 is 0 Å². The number of amides is 1. The van der Waals surface area contributed by atoms with Gasteiger partial charge < -0.3 is 25.0 Å². The molecule has 0 aromatic heterocycles. The third-order valence-corrected chi connectivity index (χ3v) is 4.56. The molecule has 0 bridgehead atoms. The number of carbonyl (C=O) groups excluding carboxylic acids is 1. The number of ether oxygens (including phenoxy) is 2. The van der Waals surface area contributed by atoms with Gasteiger partial charge in [0, 0.05) is 45.3 Å². The molecule has 1 atom stereocenters. The molecule has 0 aliphatic carbocycles. The van der Waals surface area contributed by atoms with Gasteiger partial charge in [0.25, 0.3) is 0 Å². The van der Waals surface area contributed by atoms with Crippen LogP contribution < -0.4 is 10.6 Å². The molecule has 26 heavy (non-hydrogen) atoms. The van der Waals surface area contributed by atoms with E-state index in [1.165, 1.54) is 6.42 Å². The van der Waals surface area contributed by atoms with Gasteiger partial charge >= 0.3 is 0 Å². The van der Waals surface area contributed by atoms with Gasteiger partial charge in [-0.2, -0.15) is 0 Å². The number of hydrogen-bond acceptors (Lipinski definition) is 4. The van der Waals surface area contributed by atoms with E-state index in [9.17, 15) is 4.79 Å². The first-order valence-electron chi connectivity index (χ1n) is 9.75. The molecule has 2 fully saturated rings.